The van der Waals surface area contributed by atoms with E-state index < -0.39 is 0 Å². The first-order chi connectivity index (χ1) is 7.76. The summed E-state index contributed by atoms with van der Waals surface area (Å²) in [4.78, 5) is 14.6. The van der Waals surface area contributed by atoms with Gasteiger partial charge >= 0.3 is 5.97 Å². The Hall–Kier alpha value is -1.25. The maximum atomic E-state index is 11.4. The number of hydrogen-bond acceptors (Lipinski definition) is 2. The third-order valence-corrected chi connectivity index (χ3v) is 4.09. The fourth-order valence-corrected chi connectivity index (χ4v) is 3.35. The molecule has 1 N–H and O–H groups in total. The molecule has 1 aromatic heterocycles. The number of esters is 1. The third kappa shape index (κ3) is 1.24. The van der Waals surface area contributed by atoms with Gasteiger partial charge in [0.1, 0.15) is 5.69 Å². The Morgan fingerprint density at radius 1 is 1.62 bits per heavy atom. The Morgan fingerprint density at radius 3 is 3.12 bits per heavy atom. The molecule has 1 fully saturated rings. The molecule has 16 heavy (non-hydrogen) atoms. The van der Waals surface area contributed by atoms with Gasteiger partial charge < -0.3 is 9.72 Å². The van der Waals surface area contributed by atoms with Gasteiger partial charge in [0.05, 0.1) is 7.11 Å². The van der Waals surface area contributed by atoms with Gasteiger partial charge in [-0.15, -0.1) is 0 Å². The zero-order chi connectivity index (χ0) is 11.3. The van der Waals surface area contributed by atoms with E-state index in [9.17, 15) is 4.79 Å². The molecule has 1 heterocycles. The number of aromatic amines is 1. The Kier molecular flexibility index (Phi) is 2.09. The number of carbonyl (C=O) groups is 1. The number of aromatic nitrogens is 1. The number of methoxy groups -OCH3 is 1. The van der Waals surface area contributed by atoms with Gasteiger partial charge in [-0.3, -0.25) is 0 Å². The Balaban J connectivity index is 1.82. The molecule has 3 rings (SSSR count). The van der Waals surface area contributed by atoms with Gasteiger partial charge in [0.25, 0.3) is 0 Å². The smallest absolute Gasteiger partial charge is 0.354 e. The molecule has 1 saturated carbocycles. The molecule has 0 saturated heterocycles. The second kappa shape index (κ2) is 3.37. The first-order valence-corrected chi connectivity index (χ1v) is 6.06. The van der Waals surface area contributed by atoms with Gasteiger partial charge in [0.15, 0.2) is 0 Å². The molecule has 0 aliphatic heterocycles. The van der Waals surface area contributed by atoms with E-state index in [1.165, 1.54) is 31.2 Å². The summed E-state index contributed by atoms with van der Waals surface area (Å²) in [5.41, 5.74) is 3.26. The average molecular weight is 219 g/mol. The van der Waals surface area contributed by atoms with Crippen molar-refractivity contribution in [1.82, 2.24) is 4.98 Å². The van der Waals surface area contributed by atoms with Crippen molar-refractivity contribution < 1.29 is 9.53 Å². The summed E-state index contributed by atoms with van der Waals surface area (Å²) in [5.74, 6) is 2.20. The van der Waals surface area contributed by atoms with E-state index in [0.29, 0.717) is 5.69 Å². The van der Waals surface area contributed by atoms with Gasteiger partial charge in [-0.2, -0.15) is 0 Å². The van der Waals surface area contributed by atoms with E-state index in [-0.39, 0.29) is 5.97 Å². The third-order valence-electron chi connectivity index (χ3n) is 4.09. The van der Waals surface area contributed by atoms with Gasteiger partial charge in [-0.1, -0.05) is 13.3 Å². The quantitative estimate of drug-likeness (QED) is 0.793. The van der Waals surface area contributed by atoms with Crippen LogP contribution in [0.15, 0.2) is 6.07 Å². The average Bonchev–Trinajstić information content (AvgIpc) is 2.65. The molecule has 0 amide bonds. The number of nitrogens with one attached hydrogen (secondary N) is 1. The monoisotopic (exact) mass is 219 g/mol. The first kappa shape index (κ1) is 9.94. The fraction of sp³-hybridized carbons (Fsp3) is 0.615. The highest BCUT2D eigenvalue weighted by atomic mass is 16.5. The largest absolute Gasteiger partial charge is 0.464 e. The van der Waals surface area contributed by atoms with Crippen LogP contribution in [-0.4, -0.2) is 18.1 Å². The van der Waals surface area contributed by atoms with E-state index in [2.05, 4.69) is 11.9 Å². The summed E-state index contributed by atoms with van der Waals surface area (Å²) in [7, 11) is 1.42. The van der Waals surface area contributed by atoms with Crippen molar-refractivity contribution in [2.75, 3.05) is 7.11 Å². The van der Waals surface area contributed by atoms with E-state index in [1.54, 1.807) is 0 Å². The maximum absolute atomic E-state index is 11.4. The molecule has 1 aromatic rings. The van der Waals surface area contributed by atoms with Crippen molar-refractivity contribution in [1.29, 1.82) is 0 Å². The second-order valence-corrected chi connectivity index (χ2v) is 4.95. The Morgan fingerprint density at radius 2 is 2.44 bits per heavy atom. The molecule has 86 valence electrons. The SMILES string of the molecule is CCC[C@H]1[C@H]2Cc3[nH]c(C(=O)OC)cc3[C@H]21. The Bertz CT molecular complexity index is 435. The molecule has 3 atom stereocenters. The second-order valence-electron chi connectivity index (χ2n) is 4.95. The van der Waals surface area contributed by atoms with Crippen LogP contribution in [0.1, 0.15) is 47.4 Å². The van der Waals surface area contributed by atoms with Crippen LogP contribution in [0.4, 0.5) is 0 Å². The predicted molar refractivity (Wildman–Crippen MR) is 60.5 cm³/mol. The molecule has 0 spiro atoms. The summed E-state index contributed by atoms with van der Waals surface area (Å²) in [6.07, 6.45) is 3.72. The fourth-order valence-electron chi connectivity index (χ4n) is 3.35. The van der Waals surface area contributed by atoms with Crippen LogP contribution in [0, 0.1) is 11.8 Å². The summed E-state index contributed by atoms with van der Waals surface area (Å²) in [6.45, 7) is 2.24. The van der Waals surface area contributed by atoms with E-state index >= 15 is 0 Å². The lowest BCUT2D eigenvalue weighted by Crippen LogP contribution is -2.01. The van der Waals surface area contributed by atoms with E-state index in [4.69, 9.17) is 4.74 Å². The molecule has 2 aliphatic rings. The van der Waals surface area contributed by atoms with Crippen molar-refractivity contribution in [3.63, 3.8) is 0 Å². The van der Waals surface area contributed by atoms with E-state index in [1.807, 2.05) is 6.07 Å². The summed E-state index contributed by atoms with van der Waals surface area (Å²) >= 11 is 0. The molecule has 0 bridgehead atoms. The summed E-state index contributed by atoms with van der Waals surface area (Å²) in [5, 5.41) is 0. The number of rotatable bonds is 3. The zero-order valence-corrected chi connectivity index (χ0v) is 9.75. The van der Waals surface area contributed by atoms with Crippen LogP contribution in [0.2, 0.25) is 0 Å². The summed E-state index contributed by atoms with van der Waals surface area (Å²) in [6, 6.07) is 2.00. The van der Waals surface area contributed by atoms with E-state index in [0.717, 1.165) is 24.2 Å². The minimum atomic E-state index is -0.251. The lowest BCUT2D eigenvalue weighted by atomic mass is 10.1. The molecule has 3 nitrogen and oxygen atoms in total. The van der Waals surface area contributed by atoms with Crippen LogP contribution in [0.5, 0.6) is 0 Å². The maximum Gasteiger partial charge on any atom is 0.354 e. The van der Waals surface area contributed by atoms with Crippen molar-refractivity contribution in [3.8, 4) is 0 Å². The van der Waals surface area contributed by atoms with Crippen LogP contribution in [-0.2, 0) is 11.2 Å². The molecule has 3 heteroatoms. The van der Waals surface area contributed by atoms with Gasteiger partial charge in [-0.05, 0) is 42.2 Å². The topological polar surface area (TPSA) is 42.1 Å². The lowest BCUT2D eigenvalue weighted by Gasteiger charge is -2.00. The number of hydrogen-bond donors (Lipinski definition) is 1. The van der Waals surface area contributed by atoms with Gasteiger partial charge in [0, 0.05) is 5.69 Å². The minimum absolute atomic E-state index is 0.251. The molecule has 2 aliphatic carbocycles. The lowest BCUT2D eigenvalue weighted by molar-refractivity contribution is 0.0594. The van der Waals surface area contributed by atoms with Crippen LogP contribution in [0.3, 0.4) is 0 Å². The number of ether oxygens (including phenoxy) is 1. The molecular formula is C13H17NO2. The molecule has 0 unspecified atom stereocenters. The Labute approximate surface area is 95.2 Å². The predicted octanol–water partition coefficient (Wildman–Crippen LogP) is 2.49. The number of carbonyl (C=O) groups excluding carboxylic acids is 1. The number of fused-ring (bicyclic) bond motifs is 3. The molecule has 0 radical (unpaired) electrons. The highest BCUT2D eigenvalue weighted by Gasteiger charge is 2.55. The van der Waals surface area contributed by atoms with Crippen molar-refractivity contribution >= 4 is 5.97 Å². The summed E-state index contributed by atoms with van der Waals surface area (Å²) < 4.78 is 4.73. The molecule has 0 aromatic carbocycles. The van der Waals surface area contributed by atoms with Crippen molar-refractivity contribution in [2.45, 2.75) is 32.1 Å². The van der Waals surface area contributed by atoms with Crippen molar-refractivity contribution in [3.05, 3.63) is 23.0 Å². The highest BCUT2D eigenvalue weighted by Crippen LogP contribution is 2.63. The van der Waals surface area contributed by atoms with Gasteiger partial charge in [-0.25, -0.2) is 4.79 Å². The van der Waals surface area contributed by atoms with Crippen LogP contribution < -0.4 is 0 Å². The van der Waals surface area contributed by atoms with Crippen LogP contribution >= 0.6 is 0 Å². The van der Waals surface area contributed by atoms with Crippen LogP contribution in [0.25, 0.3) is 0 Å². The molecular weight excluding hydrogens is 202 g/mol. The normalized spacial score (nSPS) is 29.8. The first-order valence-electron chi connectivity index (χ1n) is 6.06. The van der Waals surface area contributed by atoms with Crippen molar-refractivity contribution in [2.24, 2.45) is 11.8 Å². The standard InChI is InChI=1S/C13H17NO2/c1-3-4-7-8-5-10-9(12(7)8)6-11(14-10)13(15)16-2/h6-8,12,14H,3-5H2,1-2H3/t7-,8+,12-/m0/s1. The highest BCUT2D eigenvalue weighted by molar-refractivity contribution is 5.88. The minimum Gasteiger partial charge on any atom is -0.464 e. The zero-order valence-electron chi connectivity index (χ0n) is 9.75. The van der Waals surface area contributed by atoms with Gasteiger partial charge in [0.2, 0.25) is 0 Å². The number of H-pyrrole nitrogens is 1.